The van der Waals surface area contributed by atoms with Gasteiger partial charge in [0.2, 0.25) is 23.6 Å². The number of rotatable bonds is 19. The Morgan fingerprint density at radius 3 is 1.28 bits per heavy atom. The van der Waals surface area contributed by atoms with Crippen LogP contribution in [0.5, 0.6) is 0 Å². The van der Waals surface area contributed by atoms with Gasteiger partial charge in [0.15, 0.2) is 0 Å². The Kier molecular flexibility index (Phi) is 17.0. The first kappa shape index (κ1) is 34.4. The Morgan fingerprint density at radius 1 is 0.639 bits per heavy atom. The van der Waals surface area contributed by atoms with Crippen molar-refractivity contribution in [1.29, 1.82) is 0 Å². The second-order valence-corrected chi connectivity index (χ2v) is 12.2. The molecule has 0 fully saturated rings. The van der Waals surface area contributed by atoms with Gasteiger partial charge in [0.05, 0.1) is 13.2 Å². The maximum atomic E-state index is 11.8. The van der Waals surface area contributed by atoms with Crippen LogP contribution >= 0.6 is 21.6 Å². The minimum atomic E-state index is -1.37. The molecule has 0 aromatic rings. The Bertz CT molecular complexity index is 652. The second-order valence-electron chi connectivity index (χ2n) is 9.52. The predicted molar refractivity (Wildman–Crippen MR) is 140 cm³/mol. The van der Waals surface area contributed by atoms with Crippen molar-refractivity contribution in [2.75, 3.05) is 50.9 Å². The molecule has 0 aliphatic carbocycles. The molecule has 0 bridgehead atoms. The van der Waals surface area contributed by atoms with Gasteiger partial charge in [-0.05, 0) is 0 Å². The fraction of sp³-hybridized carbons (Fsp3) is 0.818. The molecule has 2 atom stereocenters. The van der Waals surface area contributed by atoms with E-state index in [1.165, 1.54) is 21.6 Å². The van der Waals surface area contributed by atoms with Crippen molar-refractivity contribution in [3.05, 3.63) is 0 Å². The third-order valence-corrected chi connectivity index (χ3v) is 7.60. The lowest BCUT2D eigenvalue weighted by atomic mass is 9.87. The van der Waals surface area contributed by atoms with Gasteiger partial charge in [0.1, 0.15) is 12.2 Å². The molecule has 0 heterocycles. The van der Waals surface area contributed by atoms with Gasteiger partial charge in [-0.2, -0.15) is 0 Å². The molecule has 0 aromatic carbocycles. The van der Waals surface area contributed by atoms with Gasteiger partial charge in [-0.1, -0.05) is 49.3 Å². The van der Waals surface area contributed by atoms with E-state index in [4.69, 9.17) is 0 Å². The summed E-state index contributed by atoms with van der Waals surface area (Å²) in [5.74, 6) is -0.428. The van der Waals surface area contributed by atoms with E-state index >= 15 is 0 Å². The molecule has 4 amide bonds. The molecular formula is C22H42N4O8S2. The van der Waals surface area contributed by atoms with Crippen molar-refractivity contribution in [2.45, 2.75) is 52.7 Å². The smallest absolute Gasteiger partial charge is 0.249 e. The van der Waals surface area contributed by atoms with Crippen LogP contribution in [0.2, 0.25) is 0 Å². The highest BCUT2D eigenvalue weighted by Crippen LogP contribution is 2.20. The Hall–Kier alpha value is -1.58. The van der Waals surface area contributed by atoms with Crippen LogP contribution in [0.15, 0.2) is 0 Å². The highest BCUT2D eigenvalue weighted by molar-refractivity contribution is 8.76. The van der Waals surface area contributed by atoms with E-state index in [0.717, 1.165) is 0 Å². The second kappa shape index (κ2) is 17.8. The summed E-state index contributed by atoms with van der Waals surface area (Å²) < 4.78 is 0. The third-order valence-electron chi connectivity index (χ3n) is 5.19. The average molecular weight is 555 g/mol. The maximum absolute atomic E-state index is 11.8. The number of hydrogen-bond donors (Lipinski definition) is 8. The van der Waals surface area contributed by atoms with Crippen LogP contribution < -0.4 is 21.3 Å². The highest BCUT2D eigenvalue weighted by atomic mass is 33.1. The first-order chi connectivity index (χ1) is 16.8. The number of hydrogen-bond acceptors (Lipinski definition) is 10. The van der Waals surface area contributed by atoms with Crippen LogP contribution in [0, 0.1) is 10.8 Å². The lowest BCUT2D eigenvalue weighted by Crippen LogP contribution is -2.46. The van der Waals surface area contributed by atoms with Crippen molar-refractivity contribution in [2.24, 2.45) is 10.8 Å². The number of aliphatic hydroxyl groups excluding tert-OH is 4. The molecule has 0 saturated carbocycles. The molecular weight excluding hydrogens is 512 g/mol. The number of amides is 4. The molecule has 210 valence electrons. The Labute approximate surface area is 220 Å². The summed E-state index contributed by atoms with van der Waals surface area (Å²) in [5, 5.41) is 48.5. The molecule has 0 aliphatic rings. The first-order valence-electron chi connectivity index (χ1n) is 11.7. The summed E-state index contributed by atoms with van der Waals surface area (Å²) in [7, 11) is 3.07. The average Bonchev–Trinajstić information content (AvgIpc) is 2.84. The fourth-order valence-electron chi connectivity index (χ4n) is 2.43. The van der Waals surface area contributed by atoms with Crippen molar-refractivity contribution >= 4 is 45.2 Å². The molecule has 36 heavy (non-hydrogen) atoms. The van der Waals surface area contributed by atoms with Crippen LogP contribution in [0.4, 0.5) is 0 Å². The summed E-state index contributed by atoms with van der Waals surface area (Å²) >= 11 is 0. The topological polar surface area (TPSA) is 197 Å². The van der Waals surface area contributed by atoms with Crippen LogP contribution in [-0.2, 0) is 19.2 Å². The summed E-state index contributed by atoms with van der Waals surface area (Å²) in [6.45, 7) is 6.59. The molecule has 14 heteroatoms. The van der Waals surface area contributed by atoms with E-state index in [1.807, 2.05) is 0 Å². The van der Waals surface area contributed by atoms with Gasteiger partial charge in [0, 0.05) is 61.4 Å². The summed E-state index contributed by atoms with van der Waals surface area (Å²) in [6, 6.07) is 0. The quantitative estimate of drug-likeness (QED) is 0.0678. The fourth-order valence-corrected chi connectivity index (χ4v) is 4.25. The van der Waals surface area contributed by atoms with Crippen molar-refractivity contribution < 1.29 is 39.6 Å². The molecule has 0 spiro atoms. The maximum Gasteiger partial charge on any atom is 0.249 e. The zero-order valence-electron chi connectivity index (χ0n) is 21.5. The first-order valence-corrected chi connectivity index (χ1v) is 14.2. The molecule has 0 unspecified atom stereocenters. The van der Waals surface area contributed by atoms with E-state index in [0.29, 0.717) is 24.6 Å². The van der Waals surface area contributed by atoms with Crippen LogP contribution in [0.25, 0.3) is 0 Å². The molecule has 0 rings (SSSR count). The van der Waals surface area contributed by atoms with Crippen LogP contribution in [0.3, 0.4) is 0 Å². The number of carbonyl (C=O) groups is 4. The van der Waals surface area contributed by atoms with E-state index < -0.39 is 34.9 Å². The summed E-state index contributed by atoms with van der Waals surface area (Å²) in [6.07, 6.45) is -2.59. The zero-order chi connectivity index (χ0) is 27.8. The van der Waals surface area contributed by atoms with E-state index in [-0.39, 0.29) is 51.0 Å². The molecule has 0 aromatic heterocycles. The summed E-state index contributed by atoms with van der Waals surface area (Å²) in [5.41, 5.74) is -1.94. The Balaban J connectivity index is 3.74. The van der Waals surface area contributed by atoms with Crippen molar-refractivity contribution in [3.63, 3.8) is 0 Å². The number of aliphatic hydroxyl groups is 4. The van der Waals surface area contributed by atoms with Gasteiger partial charge in [-0.3, -0.25) is 19.2 Å². The molecule has 12 nitrogen and oxygen atoms in total. The molecule has 0 saturated heterocycles. The number of nitrogens with one attached hydrogen (secondary N) is 4. The summed E-state index contributed by atoms with van der Waals surface area (Å²) in [4.78, 5) is 47.3. The van der Waals surface area contributed by atoms with Gasteiger partial charge >= 0.3 is 0 Å². The minimum absolute atomic E-state index is 0.0699. The van der Waals surface area contributed by atoms with Gasteiger partial charge in [-0.25, -0.2) is 0 Å². The van der Waals surface area contributed by atoms with Crippen molar-refractivity contribution in [1.82, 2.24) is 21.3 Å². The van der Waals surface area contributed by atoms with Crippen LogP contribution in [0.1, 0.15) is 40.5 Å². The van der Waals surface area contributed by atoms with E-state index in [1.54, 1.807) is 27.7 Å². The largest absolute Gasteiger partial charge is 0.396 e. The van der Waals surface area contributed by atoms with Crippen LogP contribution in [-0.4, -0.2) is 107 Å². The van der Waals surface area contributed by atoms with Gasteiger partial charge in [0.25, 0.3) is 0 Å². The number of carbonyl (C=O) groups excluding carboxylic acids is 4. The third kappa shape index (κ3) is 14.2. The predicted octanol–water partition coefficient (Wildman–Crippen LogP) is -1.63. The monoisotopic (exact) mass is 554 g/mol. The normalized spacial score (nSPS) is 13.4. The standard InChI is InChI=1S/C22H42N4O8S2/c1-21(2,13-27)17(31)19(33)25-7-5-15(29)23-9-11-35-36-12-10-24-16(30)6-8-26-20(34)18(32)22(3,4)14-28/h17-18,27-28,31-32H,5-14H2,1-4H3,(H,23,29)(H,24,30)(H,25,33)(H,26,34)/t17-,18+. The van der Waals surface area contributed by atoms with Gasteiger partial charge < -0.3 is 41.7 Å². The van der Waals surface area contributed by atoms with Crippen molar-refractivity contribution in [3.8, 4) is 0 Å². The lowest BCUT2D eigenvalue weighted by molar-refractivity contribution is -0.137. The lowest BCUT2D eigenvalue weighted by Gasteiger charge is -2.27. The zero-order valence-corrected chi connectivity index (χ0v) is 23.1. The molecule has 0 aliphatic heterocycles. The molecule has 0 radical (unpaired) electrons. The van der Waals surface area contributed by atoms with Gasteiger partial charge in [-0.15, -0.1) is 0 Å². The van der Waals surface area contributed by atoms with E-state index in [9.17, 15) is 39.6 Å². The minimum Gasteiger partial charge on any atom is -0.396 e. The Morgan fingerprint density at radius 2 is 0.972 bits per heavy atom. The molecule has 8 N–H and O–H groups in total. The highest BCUT2D eigenvalue weighted by Gasteiger charge is 2.33. The SMILES string of the molecule is CC(C)(CO)[C@H](O)C(=O)NCCC(=O)NCCSSCCNC(=O)CCNC(=O)[C@H](O)C(C)(C)CO. The van der Waals surface area contributed by atoms with E-state index in [2.05, 4.69) is 21.3 Å².